The van der Waals surface area contributed by atoms with Crippen LogP contribution in [0.4, 0.5) is 4.79 Å². The van der Waals surface area contributed by atoms with Crippen LogP contribution >= 0.6 is 0 Å². The standard InChI is InChI=1S/C29H45N3O5/c1-4-5-17-37-29(34)30-19-26(28(33)31-16-8-10-21-9-6-7-11-25(21)31)32(23-13-14-23)20-22-12-15-24(35-2)18-27(22)36-3/h12,15,18,21,23,25-26H,4-11,13-14,16-17,19-20H2,1-3H3,(H,30,34)/t21-,25+,26-/m1/s1. The Balaban J connectivity index is 1.56. The number of fused-ring (bicyclic) bond motifs is 1. The zero-order chi connectivity index (χ0) is 26.2. The summed E-state index contributed by atoms with van der Waals surface area (Å²) in [5, 5.41) is 2.93. The van der Waals surface area contributed by atoms with E-state index in [1.807, 2.05) is 18.2 Å². The van der Waals surface area contributed by atoms with Gasteiger partial charge in [-0.1, -0.05) is 32.3 Å². The molecule has 1 aromatic carbocycles. The first-order valence-corrected chi connectivity index (χ1v) is 14.2. The Labute approximate surface area is 222 Å². The van der Waals surface area contributed by atoms with Gasteiger partial charge in [0.2, 0.25) is 5.91 Å². The fraction of sp³-hybridized carbons (Fsp3) is 0.724. The van der Waals surface area contributed by atoms with E-state index in [4.69, 9.17) is 14.2 Å². The number of rotatable bonds is 12. The van der Waals surface area contributed by atoms with Gasteiger partial charge in [0.1, 0.15) is 17.5 Å². The van der Waals surface area contributed by atoms with Gasteiger partial charge in [0.25, 0.3) is 0 Å². The van der Waals surface area contributed by atoms with Gasteiger partial charge in [-0.05, 0) is 56.9 Å². The second-order valence-corrected chi connectivity index (χ2v) is 10.8. The highest BCUT2D eigenvalue weighted by Gasteiger charge is 2.43. The van der Waals surface area contributed by atoms with Gasteiger partial charge in [-0.25, -0.2) is 4.79 Å². The molecule has 1 heterocycles. The van der Waals surface area contributed by atoms with E-state index in [2.05, 4.69) is 22.0 Å². The van der Waals surface area contributed by atoms with Crippen LogP contribution in [0.1, 0.15) is 76.7 Å². The summed E-state index contributed by atoms with van der Waals surface area (Å²) in [6, 6.07) is 6.02. The molecule has 1 aliphatic heterocycles. The van der Waals surface area contributed by atoms with Gasteiger partial charge >= 0.3 is 6.09 Å². The molecule has 2 amide bonds. The maximum Gasteiger partial charge on any atom is 0.407 e. The van der Waals surface area contributed by atoms with Gasteiger partial charge in [0.15, 0.2) is 0 Å². The normalized spacial score (nSPS) is 22.2. The van der Waals surface area contributed by atoms with E-state index >= 15 is 0 Å². The number of carbonyl (C=O) groups excluding carboxylic acids is 2. The maximum atomic E-state index is 14.3. The first-order valence-electron chi connectivity index (χ1n) is 14.2. The minimum atomic E-state index is -0.446. The Morgan fingerprint density at radius 3 is 2.59 bits per heavy atom. The molecule has 3 fully saturated rings. The van der Waals surface area contributed by atoms with Crippen LogP contribution in [0.3, 0.4) is 0 Å². The molecule has 1 aromatic rings. The maximum absolute atomic E-state index is 14.3. The second kappa shape index (κ2) is 13.4. The van der Waals surface area contributed by atoms with E-state index in [9.17, 15) is 9.59 Å². The third kappa shape index (κ3) is 7.09. The van der Waals surface area contributed by atoms with Crippen LogP contribution in [0.15, 0.2) is 18.2 Å². The minimum Gasteiger partial charge on any atom is -0.497 e. The van der Waals surface area contributed by atoms with Crippen molar-refractivity contribution in [1.29, 1.82) is 0 Å². The van der Waals surface area contributed by atoms with Crippen molar-refractivity contribution in [2.75, 3.05) is 33.9 Å². The highest BCUT2D eigenvalue weighted by molar-refractivity contribution is 5.83. The van der Waals surface area contributed by atoms with Crippen molar-refractivity contribution in [3.8, 4) is 11.5 Å². The van der Waals surface area contributed by atoms with Crippen LogP contribution < -0.4 is 14.8 Å². The highest BCUT2D eigenvalue weighted by Crippen LogP contribution is 2.38. The quantitative estimate of drug-likeness (QED) is 0.405. The third-order valence-corrected chi connectivity index (χ3v) is 8.25. The number of nitrogens with one attached hydrogen (secondary N) is 1. The molecule has 206 valence electrons. The van der Waals surface area contributed by atoms with E-state index in [0.717, 1.165) is 62.1 Å². The van der Waals surface area contributed by atoms with Gasteiger partial charge in [-0.3, -0.25) is 9.69 Å². The zero-order valence-electron chi connectivity index (χ0n) is 22.9. The van der Waals surface area contributed by atoms with Crippen molar-refractivity contribution in [3.05, 3.63) is 23.8 Å². The van der Waals surface area contributed by atoms with Crippen LogP contribution in [0.2, 0.25) is 0 Å². The lowest BCUT2D eigenvalue weighted by Crippen LogP contribution is -2.59. The molecule has 0 unspecified atom stereocenters. The summed E-state index contributed by atoms with van der Waals surface area (Å²) in [7, 11) is 3.30. The first-order chi connectivity index (χ1) is 18.0. The number of ether oxygens (including phenoxy) is 3. The van der Waals surface area contributed by atoms with Crippen LogP contribution in [0.5, 0.6) is 11.5 Å². The number of piperidine rings is 1. The molecule has 8 heteroatoms. The summed E-state index contributed by atoms with van der Waals surface area (Å²) in [6.07, 6.45) is 10.5. The number of benzene rings is 1. The molecule has 1 N–H and O–H groups in total. The monoisotopic (exact) mass is 515 g/mol. The Morgan fingerprint density at radius 1 is 1.08 bits per heavy atom. The minimum absolute atomic E-state index is 0.143. The van der Waals surface area contributed by atoms with Crippen molar-refractivity contribution in [2.24, 2.45) is 5.92 Å². The fourth-order valence-electron chi connectivity index (χ4n) is 6.06. The smallest absolute Gasteiger partial charge is 0.407 e. The topological polar surface area (TPSA) is 80.3 Å². The SMILES string of the molecule is CCCCOC(=O)NC[C@H](C(=O)N1CCC[C@H]2CCCC[C@@H]21)N(Cc1ccc(OC)cc1OC)C1CC1. The molecular weight excluding hydrogens is 470 g/mol. The predicted octanol–water partition coefficient (Wildman–Crippen LogP) is 4.74. The summed E-state index contributed by atoms with van der Waals surface area (Å²) < 4.78 is 16.4. The van der Waals surface area contributed by atoms with E-state index < -0.39 is 12.1 Å². The Kier molecular flexibility index (Phi) is 9.95. The summed E-state index contributed by atoms with van der Waals surface area (Å²) in [5.41, 5.74) is 1.01. The number of hydrogen-bond acceptors (Lipinski definition) is 6. The molecule has 1 saturated heterocycles. The van der Waals surface area contributed by atoms with Gasteiger partial charge in [0.05, 0.1) is 20.8 Å². The lowest BCUT2D eigenvalue weighted by molar-refractivity contribution is -0.144. The van der Waals surface area contributed by atoms with Gasteiger partial charge in [-0.2, -0.15) is 0 Å². The molecule has 4 rings (SSSR count). The molecule has 8 nitrogen and oxygen atoms in total. The average molecular weight is 516 g/mol. The molecule has 3 aliphatic rings. The molecule has 37 heavy (non-hydrogen) atoms. The number of carbonyl (C=O) groups is 2. The van der Waals surface area contributed by atoms with Crippen LogP contribution in [0, 0.1) is 5.92 Å². The Bertz CT molecular complexity index is 904. The lowest BCUT2D eigenvalue weighted by atomic mass is 9.78. The zero-order valence-corrected chi connectivity index (χ0v) is 22.9. The highest BCUT2D eigenvalue weighted by atomic mass is 16.5. The number of amides is 2. The summed E-state index contributed by atoms with van der Waals surface area (Å²) in [6.45, 7) is 4.08. The summed E-state index contributed by atoms with van der Waals surface area (Å²) in [5.74, 6) is 2.23. The van der Waals surface area contributed by atoms with Gasteiger partial charge < -0.3 is 24.4 Å². The first kappa shape index (κ1) is 27.6. The van der Waals surface area contributed by atoms with Crippen LogP contribution in [-0.2, 0) is 16.1 Å². The van der Waals surface area contributed by atoms with Crippen molar-refractivity contribution in [3.63, 3.8) is 0 Å². The number of methoxy groups -OCH3 is 2. The van der Waals surface area contributed by atoms with Crippen LogP contribution in [0.25, 0.3) is 0 Å². The molecule has 3 atom stereocenters. The molecule has 0 aromatic heterocycles. The number of likely N-dealkylation sites (tertiary alicyclic amines) is 1. The predicted molar refractivity (Wildman–Crippen MR) is 143 cm³/mol. The molecule has 2 saturated carbocycles. The summed E-state index contributed by atoms with van der Waals surface area (Å²) in [4.78, 5) is 31.2. The van der Waals surface area contributed by atoms with Gasteiger partial charge in [-0.15, -0.1) is 0 Å². The number of nitrogens with zero attached hydrogens (tertiary/aromatic N) is 2. The molecule has 0 radical (unpaired) electrons. The second-order valence-electron chi connectivity index (χ2n) is 10.8. The van der Waals surface area contributed by atoms with Gasteiger partial charge in [0, 0.05) is 43.3 Å². The molecule has 0 spiro atoms. The molecular formula is C29H45N3O5. The largest absolute Gasteiger partial charge is 0.497 e. The Hall–Kier alpha value is -2.48. The number of alkyl carbamates (subject to hydrolysis) is 1. The lowest BCUT2D eigenvalue weighted by Gasteiger charge is -2.46. The van der Waals surface area contributed by atoms with E-state index in [1.54, 1.807) is 14.2 Å². The van der Waals surface area contributed by atoms with Crippen molar-refractivity contribution >= 4 is 12.0 Å². The van der Waals surface area contributed by atoms with Crippen molar-refractivity contribution in [1.82, 2.24) is 15.1 Å². The van der Waals surface area contributed by atoms with Crippen molar-refractivity contribution < 1.29 is 23.8 Å². The molecule has 0 bridgehead atoms. The average Bonchev–Trinajstić information content (AvgIpc) is 3.77. The van der Waals surface area contributed by atoms with Crippen LogP contribution in [-0.4, -0.2) is 73.8 Å². The van der Waals surface area contributed by atoms with Crippen molar-refractivity contribution in [2.45, 2.75) is 95.8 Å². The molecule has 2 aliphatic carbocycles. The number of unbranched alkanes of at least 4 members (excludes halogenated alkanes) is 1. The Morgan fingerprint density at radius 2 is 1.86 bits per heavy atom. The summed E-state index contributed by atoms with van der Waals surface area (Å²) >= 11 is 0. The van der Waals surface area contributed by atoms with E-state index in [-0.39, 0.29) is 12.5 Å². The third-order valence-electron chi connectivity index (χ3n) is 8.25. The van der Waals surface area contributed by atoms with E-state index in [1.165, 1.54) is 25.7 Å². The van der Waals surface area contributed by atoms with E-state index in [0.29, 0.717) is 31.2 Å². The number of hydrogen-bond donors (Lipinski definition) is 1. The fourth-order valence-corrected chi connectivity index (χ4v) is 6.06.